The van der Waals surface area contributed by atoms with Crippen molar-refractivity contribution in [3.05, 3.63) is 24.0 Å². The molecule has 0 spiro atoms. The van der Waals surface area contributed by atoms with Crippen LogP contribution in [0.5, 0.6) is 0 Å². The van der Waals surface area contributed by atoms with Crippen molar-refractivity contribution in [1.82, 2.24) is 25.3 Å². The second kappa shape index (κ2) is 4.91. The van der Waals surface area contributed by atoms with E-state index in [4.69, 9.17) is 0 Å². The maximum Gasteiger partial charge on any atom is 0.280 e. The Morgan fingerprint density at radius 3 is 2.95 bits per heavy atom. The summed E-state index contributed by atoms with van der Waals surface area (Å²) in [6, 6.07) is 2.10. The summed E-state index contributed by atoms with van der Waals surface area (Å²) in [6.07, 6.45) is 5.49. The quantitative estimate of drug-likeness (QED) is 0.706. The number of sulfonamides is 1. The van der Waals surface area contributed by atoms with Crippen molar-refractivity contribution in [2.45, 2.75) is 30.5 Å². The van der Waals surface area contributed by atoms with Crippen LogP contribution < -0.4 is 10.0 Å². The molecule has 8 nitrogen and oxygen atoms in total. The summed E-state index contributed by atoms with van der Waals surface area (Å²) >= 11 is 0. The van der Waals surface area contributed by atoms with Gasteiger partial charge in [0.25, 0.3) is 10.0 Å². The van der Waals surface area contributed by atoms with Crippen LogP contribution in [0.3, 0.4) is 0 Å². The smallest absolute Gasteiger partial charge is 0.280 e. The van der Waals surface area contributed by atoms with Crippen molar-refractivity contribution < 1.29 is 8.42 Å². The van der Waals surface area contributed by atoms with Crippen molar-refractivity contribution in [3.8, 4) is 0 Å². The van der Waals surface area contributed by atoms with E-state index >= 15 is 0 Å². The lowest BCUT2D eigenvalue weighted by Crippen LogP contribution is -2.20. The predicted octanol–water partition coefficient (Wildman–Crippen LogP) is 0.196. The lowest BCUT2D eigenvalue weighted by atomic mass is 10.3. The van der Waals surface area contributed by atoms with Gasteiger partial charge in [0, 0.05) is 37.5 Å². The van der Waals surface area contributed by atoms with Crippen molar-refractivity contribution >= 4 is 15.8 Å². The maximum atomic E-state index is 12.3. The summed E-state index contributed by atoms with van der Waals surface area (Å²) in [5.41, 5.74) is 0.625. The van der Waals surface area contributed by atoms with E-state index in [1.807, 2.05) is 0 Å². The van der Waals surface area contributed by atoms with E-state index in [0.717, 1.165) is 12.8 Å². The molecule has 1 saturated carbocycles. The maximum absolute atomic E-state index is 12.3. The highest BCUT2D eigenvalue weighted by Crippen LogP contribution is 2.21. The molecule has 20 heavy (non-hydrogen) atoms. The first-order valence-electron chi connectivity index (χ1n) is 6.33. The van der Waals surface area contributed by atoms with Gasteiger partial charge in [-0.1, -0.05) is 0 Å². The Hall–Kier alpha value is -1.87. The number of anilines is 1. The first kappa shape index (κ1) is 13.1. The highest BCUT2D eigenvalue weighted by Gasteiger charge is 2.24. The van der Waals surface area contributed by atoms with Gasteiger partial charge in [0.1, 0.15) is 0 Å². The van der Waals surface area contributed by atoms with Crippen LogP contribution in [0.25, 0.3) is 0 Å². The standard InChI is InChI=1S/C11H16N6O2S/c1-17-5-4-10(15-17)16-20(18,19)11-8(7-13-14-11)6-12-9-2-3-9/h4-5,7,9,12H,2-3,6H2,1H3,(H,13,14)(H,15,16). The van der Waals surface area contributed by atoms with Crippen LogP contribution in [0.15, 0.2) is 23.5 Å². The van der Waals surface area contributed by atoms with Gasteiger partial charge in [0.05, 0.1) is 6.20 Å². The summed E-state index contributed by atoms with van der Waals surface area (Å²) in [5.74, 6) is 0.281. The zero-order chi connectivity index (χ0) is 14.2. The van der Waals surface area contributed by atoms with E-state index in [2.05, 4.69) is 25.3 Å². The normalized spacial score (nSPS) is 15.4. The molecule has 1 aliphatic rings. The lowest BCUT2D eigenvalue weighted by molar-refractivity contribution is 0.593. The molecule has 1 aliphatic carbocycles. The van der Waals surface area contributed by atoms with Crippen LogP contribution in [0.4, 0.5) is 5.82 Å². The molecule has 9 heteroatoms. The van der Waals surface area contributed by atoms with Gasteiger partial charge in [-0.25, -0.2) is 0 Å². The van der Waals surface area contributed by atoms with E-state index in [-0.39, 0.29) is 10.8 Å². The van der Waals surface area contributed by atoms with E-state index in [1.54, 1.807) is 19.3 Å². The molecule has 3 rings (SSSR count). The van der Waals surface area contributed by atoms with E-state index in [9.17, 15) is 8.42 Å². The van der Waals surface area contributed by atoms with Crippen LogP contribution in [-0.4, -0.2) is 34.4 Å². The third-order valence-corrected chi connectivity index (χ3v) is 4.43. The Kier molecular flexibility index (Phi) is 3.22. The van der Waals surface area contributed by atoms with Gasteiger partial charge in [-0.15, -0.1) is 0 Å². The Morgan fingerprint density at radius 2 is 2.30 bits per heavy atom. The van der Waals surface area contributed by atoms with Crippen LogP contribution >= 0.6 is 0 Å². The van der Waals surface area contributed by atoms with Crippen LogP contribution in [0.2, 0.25) is 0 Å². The molecule has 0 bridgehead atoms. The SMILES string of the molecule is Cn1ccc(NS(=O)(=O)c2[nH]ncc2CNC2CC2)n1. The highest BCUT2D eigenvalue weighted by molar-refractivity contribution is 7.92. The zero-order valence-corrected chi connectivity index (χ0v) is 11.8. The first-order chi connectivity index (χ1) is 9.54. The Labute approximate surface area is 116 Å². The fourth-order valence-electron chi connectivity index (χ4n) is 1.86. The Balaban J connectivity index is 1.77. The Bertz CT molecular complexity index is 700. The van der Waals surface area contributed by atoms with Crippen molar-refractivity contribution in [2.75, 3.05) is 4.72 Å². The predicted molar refractivity (Wildman–Crippen MR) is 72.5 cm³/mol. The number of hydrogen-bond donors (Lipinski definition) is 3. The van der Waals surface area contributed by atoms with E-state index in [0.29, 0.717) is 18.2 Å². The largest absolute Gasteiger partial charge is 0.310 e. The minimum absolute atomic E-state index is 0.0799. The van der Waals surface area contributed by atoms with Crippen molar-refractivity contribution in [3.63, 3.8) is 0 Å². The second-order valence-corrected chi connectivity index (χ2v) is 6.48. The molecular weight excluding hydrogens is 280 g/mol. The number of H-pyrrole nitrogens is 1. The molecule has 0 aromatic carbocycles. The van der Waals surface area contributed by atoms with Gasteiger partial charge in [-0.2, -0.15) is 18.6 Å². The number of aryl methyl sites for hydroxylation is 1. The molecule has 1 fully saturated rings. The molecule has 0 radical (unpaired) electrons. The third kappa shape index (κ3) is 2.83. The number of aromatic amines is 1. The number of aromatic nitrogens is 4. The average molecular weight is 296 g/mol. The van der Waals surface area contributed by atoms with E-state index in [1.165, 1.54) is 10.9 Å². The van der Waals surface area contributed by atoms with Gasteiger partial charge in [-0.05, 0) is 12.8 Å². The first-order valence-corrected chi connectivity index (χ1v) is 7.81. The van der Waals surface area contributed by atoms with Gasteiger partial charge >= 0.3 is 0 Å². The highest BCUT2D eigenvalue weighted by atomic mass is 32.2. The molecule has 0 aliphatic heterocycles. The molecule has 2 aromatic rings. The summed E-state index contributed by atoms with van der Waals surface area (Å²) < 4.78 is 28.5. The lowest BCUT2D eigenvalue weighted by Gasteiger charge is -2.06. The van der Waals surface area contributed by atoms with Gasteiger partial charge in [-0.3, -0.25) is 14.5 Å². The summed E-state index contributed by atoms with van der Waals surface area (Å²) in [7, 11) is -1.98. The monoisotopic (exact) mass is 296 g/mol. The minimum Gasteiger partial charge on any atom is -0.310 e. The number of nitrogens with zero attached hydrogens (tertiary/aromatic N) is 3. The van der Waals surface area contributed by atoms with Crippen molar-refractivity contribution in [2.24, 2.45) is 7.05 Å². The molecule has 0 saturated heterocycles. The third-order valence-electron chi connectivity index (χ3n) is 3.06. The van der Waals surface area contributed by atoms with Gasteiger partial charge in [0.15, 0.2) is 10.8 Å². The summed E-state index contributed by atoms with van der Waals surface area (Å²) in [6.45, 7) is 0.486. The molecular formula is C11H16N6O2S. The minimum atomic E-state index is -3.70. The van der Waals surface area contributed by atoms with Gasteiger partial charge < -0.3 is 5.32 Å². The van der Waals surface area contributed by atoms with Crippen LogP contribution in [0.1, 0.15) is 18.4 Å². The topological polar surface area (TPSA) is 105 Å². The molecule has 0 amide bonds. The number of hydrogen-bond acceptors (Lipinski definition) is 5. The molecule has 2 aromatic heterocycles. The average Bonchev–Trinajstić information content (AvgIpc) is 2.93. The number of rotatable bonds is 6. The zero-order valence-electron chi connectivity index (χ0n) is 11.0. The fourth-order valence-corrected chi connectivity index (χ4v) is 2.99. The molecule has 108 valence electrons. The van der Waals surface area contributed by atoms with Crippen LogP contribution in [-0.2, 0) is 23.6 Å². The molecule has 3 N–H and O–H groups in total. The summed E-state index contributed by atoms with van der Waals surface area (Å²) in [5, 5.41) is 13.7. The van der Waals surface area contributed by atoms with Gasteiger partial charge in [0.2, 0.25) is 0 Å². The molecule has 2 heterocycles. The Morgan fingerprint density at radius 1 is 1.50 bits per heavy atom. The van der Waals surface area contributed by atoms with E-state index < -0.39 is 10.0 Å². The van der Waals surface area contributed by atoms with Crippen LogP contribution in [0, 0.1) is 0 Å². The second-order valence-electron chi connectivity index (χ2n) is 4.86. The van der Waals surface area contributed by atoms with Crippen molar-refractivity contribution in [1.29, 1.82) is 0 Å². The number of nitrogens with one attached hydrogen (secondary N) is 3. The summed E-state index contributed by atoms with van der Waals surface area (Å²) in [4.78, 5) is 0. The molecule has 0 atom stereocenters. The fraction of sp³-hybridized carbons (Fsp3) is 0.455. The molecule has 0 unspecified atom stereocenters.